The number of rotatable bonds is 5. The zero-order valence-electron chi connectivity index (χ0n) is 21.3. The second-order valence-corrected chi connectivity index (χ2v) is 9.57. The number of halogens is 3. The number of nitrogens with zero attached hydrogens (tertiary/aromatic N) is 6. The van der Waals surface area contributed by atoms with Gasteiger partial charge in [0.25, 0.3) is 5.91 Å². The molecule has 13 heteroatoms. The summed E-state index contributed by atoms with van der Waals surface area (Å²) in [4.78, 5) is 43.4. The first-order chi connectivity index (χ1) is 18.7. The van der Waals surface area contributed by atoms with Crippen LogP contribution >= 0.6 is 0 Å². The fraction of sp³-hybridized carbons (Fsp3) is 0.423. The number of nitrogens with one attached hydrogen (secondary N) is 1. The molecular formula is C26H28F3N7O3. The largest absolute Gasteiger partial charge is 0.414 e. The average Bonchev–Trinajstić information content (AvgIpc) is 2.93. The fourth-order valence-corrected chi connectivity index (χ4v) is 4.70. The van der Waals surface area contributed by atoms with Crippen molar-refractivity contribution in [3.05, 3.63) is 42.2 Å². The van der Waals surface area contributed by atoms with Crippen LogP contribution in [0.4, 0.5) is 30.5 Å². The van der Waals surface area contributed by atoms with E-state index in [1.54, 1.807) is 18.5 Å². The van der Waals surface area contributed by atoms with Crippen molar-refractivity contribution in [1.29, 1.82) is 0 Å². The Morgan fingerprint density at radius 3 is 2.36 bits per heavy atom. The summed E-state index contributed by atoms with van der Waals surface area (Å²) in [5.74, 6) is -3.14. The molecule has 1 N–H and O–H groups in total. The molecule has 0 spiro atoms. The molecule has 1 aromatic heterocycles. The number of hydrogen-bond donors (Lipinski definition) is 1. The lowest BCUT2D eigenvalue weighted by atomic mass is 9.95. The Hall–Kier alpha value is -3.84. The van der Waals surface area contributed by atoms with Gasteiger partial charge in [-0.1, -0.05) is 6.07 Å². The Bertz CT molecular complexity index is 1280. The van der Waals surface area contributed by atoms with E-state index in [1.165, 1.54) is 0 Å². The van der Waals surface area contributed by atoms with Crippen molar-refractivity contribution < 1.29 is 27.5 Å². The quantitative estimate of drug-likeness (QED) is 0.614. The van der Waals surface area contributed by atoms with Gasteiger partial charge in [0, 0.05) is 69.5 Å². The van der Waals surface area contributed by atoms with E-state index >= 15 is 0 Å². The van der Waals surface area contributed by atoms with Crippen LogP contribution in [-0.4, -0.2) is 98.6 Å². The highest BCUT2D eigenvalue weighted by atomic mass is 19.4. The number of amides is 2. The number of carbonyl (C=O) groups excluding carboxylic acids is 2. The van der Waals surface area contributed by atoms with E-state index in [0.29, 0.717) is 73.9 Å². The van der Waals surface area contributed by atoms with Crippen LogP contribution in [0.5, 0.6) is 0 Å². The van der Waals surface area contributed by atoms with Crippen LogP contribution in [0, 0.1) is 5.92 Å². The van der Waals surface area contributed by atoms with Gasteiger partial charge >= 0.3 is 6.18 Å². The van der Waals surface area contributed by atoms with E-state index < -0.39 is 29.5 Å². The van der Waals surface area contributed by atoms with Crippen LogP contribution in [0.3, 0.4) is 0 Å². The van der Waals surface area contributed by atoms with Gasteiger partial charge in [0.15, 0.2) is 0 Å². The first-order valence-corrected chi connectivity index (χ1v) is 12.6. The first-order valence-electron chi connectivity index (χ1n) is 12.6. The molecule has 3 aliphatic heterocycles. The van der Waals surface area contributed by atoms with Crippen molar-refractivity contribution in [2.24, 2.45) is 10.9 Å². The number of aromatic nitrogens is 2. The molecule has 2 saturated heterocycles. The summed E-state index contributed by atoms with van der Waals surface area (Å²) in [7, 11) is 2.01. The molecule has 0 aliphatic carbocycles. The number of aliphatic imine (C=N–C) groups is 1. The molecule has 10 nitrogen and oxygen atoms in total. The lowest BCUT2D eigenvalue weighted by molar-refractivity contribution is -0.124. The molecule has 2 fully saturated rings. The minimum Gasteiger partial charge on any atom is -0.378 e. The molecule has 3 aliphatic rings. The van der Waals surface area contributed by atoms with Gasteiger partial charge in [-0.05, 0) is 24.7 Å². The third-order valence-electron chi connectivity index (χ3n) is 6.94. The maximum absolute atomic E-state index is 13.6. The number of benzene rings is 1. The lowest BCUT2D eigenvalue weighted by Gasteiger charge is -2.35. The van der Waals surface area contributed by atoms with Gasteiger partial charge < -0.3 is 24.8 Å². The number of piperazine rings is 1. The normalized spacial score (nSPS) is 20.7. The number of ether oxygens (including phenoxy) is 1. The Balaban J connectivity index is 1.44. The zero-order valence-corrected chi connectivity index (χ0v) is 21.3. The van der Waals surface area contributed by atoms with Crippen LogP contribution < -0.4 is 15.1 Å². The molecule has 0 radical (unpaired) electrons. The van der Waals surface area contributed by atoms with Crippen molar-refractivity contribution in [3.63, 3.8) is 0 Å². The standard InChI is InChI=1S/C26H28F3N7O3/c1-34-4-6-35(7-5-34)22-3-2-17(18-14-31-25(32-15-18)36-8-10-39-11-9-36)12-21(22)33-24(38)19-16-30-23(37)13-20(19)26(27,28)29/h2-3,12-16,19H,4-11H2,1H3,(H,33,38). The number of carbonyl (C=O) groups is 2. The van der Waals surface area contributed by atoms with E-state index in [4.69, 9.17) is 4.74 Å². The van der Waals surface area contributed by atoms with Crippen LogP contribution in [0.2, 0.25) is 0 Å². The summed E-state index contributed by atoms with van der Waals surface area (Å²) in [6.07, 6.45) is -0.379. The van der Waals surface area contributed by atoms with Gasteiger partial charge in [0.2, 0.25) is 11.9 Å². The van der Waals surface area contributed by atoms with Gasteiger partial charge in [-0.15, -0.1) is 0 Å². The van der Waals surface area contributed by atoms with Gasteiger partial charge in [-0.25, -0.2) is 15.0 Å². The minimum atomic E-state index is -4.86. The van der Waals surface area contributed by atoms with Gasteiger partial charge in [-0.2, -0.15) is 13.2 Å². The predicted molar refractivity (Wildman–Crippen MR) is 140 cm³/mol. The topological polar surface area (TPSA) is 103 Å². The summed E-state index contributed by atoms with van der Waals surface area (Å²) in [5, 5.41) is 2.68. The summed E-state index contributed by atoms with van der Waals surface area (Å²) in [5.41, 5.74) is 1.17. The highest BCUT2D eigenvalue weighted by Gasteiger charge is 2.43. The van der Waals surface area contributed by atoms with E-state index in [2.05, 4.69) is 30.1 Å². The smallest absolute Gasteiger partial charge is 0.378 e. The van der Waals surface area contributed by atoms with Gasteiger partial charge in [0.1, 0.15) is 5.92 Å². The number of alkyl halides is 3. The predicted octanol–water partition coefficient (Wildman–Crippen LogP) is 2.39. The fourth-order valence-electron chi connectivity index (χ4n) is 4.70. The first kappa shape index (κ1) is 26.8. The Morgan fingerprint density at radius 2 is 1.69 bits per heavy atom. The van der Waals surface area contributed by atoms with Crippen molar-refractivity contribution in [1.82, 2.24) is 14.9 Å². The molecule has 0 bridgehead atoms. The number of dihydropyridines is 1. The van der Waals surface area contributed by atoms with Crippen LogP contribution in [0.15, 0.2) is 47.2 Å². The molecular weight excluding hydrogens is 515 g/mol. The monoisotopic (exact) mass is 543 g/mol. The maximum Gasteiger partial charge on any atom is 0.414 e. The second-order valence-electron chi connectivity index (χ2n) is 9.57. The molecule has 2 amide bonds. The zero-order chi connectivity index (χ0) is 27.6. The molecule has 39 heavy (non-hydrogen) atoms. The second kappa shape index (κ2) is 11.1. The van der Waals surface area contributed by atoms with E-state index in [9.17, 15) is 22.8 Å². The number of anilines is 3. The third-order valence-corrected chi connectivity index (χ3v) is 6.94. The maximum atomic E-state index is 13.6. The molecule has 5 rings (SSSR count). The molecule has 1 aromatic carbocycles. The highest BCUT2D eigenvalue weighted by Crippen LogP contribution is 2.36. The van der Waals surface area contributed by atoms with Gasteiger partial charge in [-0.3, -0.25) is 9.59 Å². The summed E-state index contributed by atoms with van der Waals surface area (Å²) >= 11 is 0. The summed E-state index contributed by atoms with van der Waals surface area (Å²) in [6.45, 7) is 5.56. The minimum absolute atomic E-state index is 0.353. The van der Waals surface area contributed by atoms with Gasteiger partial charge in [0.05, 0.1) is 30.2 Å². The SMILES string of the molecule is CN1CCN(c2ccc(-c3cnc(N4CCOCC4)nc3)cc2NC(=O)C2C=NC(=O)C=C2C(F)(F)F)CC1. The third kappa shape index (κ3) is 6.09. The molecule has 2 aromatic rings. The van der Waals surface area contributed by atoms with Crippen molar-refractivity contribution in [2.45, 2.75) is 6.18 Å². The molecule has 4 heterocycles. The molecule has 0 saturated carbocycles. The summed E-state index contributed by atoms with van der Waals surface area (Å²) in [6, 6.07) is 5.42. The van der Waals surface area contributed by atoms with Crippen molar-refractivity contribution >= 4 is 35.4 Å². The Morgan fingerprint density at radius 1 is 1.00 bits per heavy atom. The molecule has 1 atom stereocenters. The van der Waals surface area contributed by atoms with E-state index in [-0.39, 0.29) is 0 Å². The van der Waals surface area contributed by atoms with Crippen LogP contribution in [0.1, 0.15) is 0 Å². The highest BCUT2D eigenvalue weighted by molar-refractivity contribution is 6.11. The lowest BCUT2D eigenvalue weighted by Crippen LogP contribution is -2.44. The van der Waals surface area contributed by atoms with Crippen LogP contribution in [-0.2, 0) is 14.3 Å². The van der Waals surface area contributed by atoms with E-state index in [1.807, 2.05) is 24.1 Å². The average molecular weight is 544 g/mol. The number of morpholine rings is 1. The van der Waals surface area contributed by atoms with E-state index in [0.717, 1.165) is 19.3 Å². The summed E-state index contributed by atoms with van der Waals surface area (Å²) < 4.78 is 46.2. The number of hydrogen-bond acceptors (Lipinski definition) is 8. The van der Waals surface area contributed by atoms with Crippen molar-refractivity contribution in [2.75, 3.05) is 74.6 Å². The Kier molecular flexibility index (Phi) is 7.62. The van der Waals surface area contributed by atoms with Crippen molar-refractivity contribution in [3.8, 4) is 11.1 Å². The Labute approximate surface area is 223 Å². The molecule has 1 unspecified atom stereocenters. The number of likely N-dealkylation sites (N-methyl/N-ethyl adjacent to an activating group) is 1. The molecule has 206 valence electrons. The van der Waals surface area contributed by atoms with Crippen LogP contribution in [0.25, 0.3) is 11.1 Å².